The Balaban J connectivity index is 1.33. The molecule has 6 heteroatoms. The number of benzene rings is 4. The first-order valence-corrected chi connectivity index (χ1v) is 13.1. The fraction of sp³-hybridized carbons (Fsp3) is 0.226. The lowest BCUT2D eigenvalue weighted by atomic mass is 10.0. The minimum absolute atomic E-state index is 0.172. The molecule has 1 aliphatic heterocycles. The summed E-state index contributed by atoms with van der Waals surface area (Å²) in [5, 5.41) is 18.4. The average molecular weight is 509 g/mol. The summed E-state index contributed by atoms with van der Waals surface area (Å²) in [6.07, 6.45) is 3.61. The lowest BCUT2D eigenvalue weighted by Crippen LogP contribution is -2.44. The van der Waals surface area contributed by atoms with Crippen LogP contribution in [-0.4, -0.2) is 34.9 Å². The summed E-state index contributed by atoms with van der Waals surface area (Å²) in [4.78, 5) is 2.52. The third kappa shape index (κ3) is 4.97. The summed E-state index contributed by atoms with van der Waals surface area (Å²) in [7, 11) is 1.69. The number of anilines is 1. The van der Waals surface area contributed by atoms with Gasteiger partial charge in [0.1, 0.15) is 11.4 Å². The molecule has 186 valence electrons. The van der Waals surface area contributed by atoms with E-state index in [1.165, 1.54) is 29.2 Å². The van der Waals surface area contributed by atoms with Crippen molar-refractivity contribution in [2.45, 2.75) is 32.0 Å². The van der Waals surface area contributed by atoms with E-state index in [2.05, 4.69) is 68.9 Å². The number of nitrogens with zero attached hydrogens (tertiary/aromatic N) is 3. The molecular weight excluding hydrogens is 480 g/mol. The van der Waals surface area contributed by atoms with Crippen molar-refractivity contribution in [2.75, 3.05) is 19.0 Å². The first-order valence-electron chi connectivity index (χ1n) is 12.8. The van der Waals surface area contributed by atoms with Gasteiger partial charge in [0.15, 0.2) is 5.82 Å². The first-order chi connectivity index (χ1) is 18.2. The van der Waals surface area contributed by atoms with Crippen molar-refractivity contribution in [2.24, 2.45) is 0 Å². The van der Waals surface area contributed by atoms with Crippen LogP contribution in [0.3, 0.4) is 0 Å². The standard InChI is InChI=1S/C31H29ClN4O/c1-37-26-15-16-27-28(19-26)31(35-34-30(27)23-11-13-25(32)14-12-23)33-29-8-4-5-17-36(29)20-21-9-10-22-6-2-3-7-24(22)18-21/h2-3,6-7,9-16,18-19,29H,4-5,8,17,20H2,1H3,(H,33,35). The quantitative estimate of drug-likeness (QED) is 0.257. The van der Waals surface area contributed by atoms with Crippen LogP contribution in [0.4, 0.5) is 5.82 Å². The smallest absolute Gasteiger partial charge is 0.157 e. The monoisotopic (exact) mass is 508 g/mol. The van der Waals surface area contributed by atoms with Gasteiger partial charge in [-0.15, -0.1) is 10.2 Å². The molecule has 4 aromatic carbocycles. The summed E-state index contributed by atoms with van der Waals surface area (Å²) < 4.78 is 5.56. The highest BCUT2D eigenvalue weighted by Crippen LogP contribution is 2.34. The van der Waals surface area contributed by atoms with E-state index in [4.69, 9.17) is 16.3 Å². The molecule has 1 N–H and O–H groups in total. The molecule has 0 amide bonds. The highest BCUT2D eigenvalue weighted by molar-refractivity contribution is 6.30. The molecule has 0 radical (unpaired) electrons. The Morgan fingerprint density at radius 3 is 2.57 bits per heavy atom. The molecule has 1 aliphatic rings. The highest BCUT2D eigenvalue weighted by atomic mass is 35.5. The van der Waals surface area contributed by atoms with Crippen molar-refractivity contribution in [1.82, 2.24) is 15.1 Å². The van der Waals surface area contributed by atoms with E-state index in [1.54, 1.807) is 7.11 Å². The molecule has 1 unspecified atom stereocenters. The predicted molar refractivity (Wildman–Crippen MR) is 152 cm³/mol. The van der Waals surface area contributed by atoms with Gasteiger partial charge in [0.25, 0.3) is 0 Å². The van der Waals surface area contributed by atoms with E-state index in [0.29, 0.717) is 5.02 Å². The van der Waals surface area contributed by atoms with E-state index >= 15 is 0 Å². The van der Waals surface area contributed by atoms with Crippen molar-refractivity contribution in [1.29, 1.82) is 0 Å². The molecule has 5 aromatic rings. The van der Waals surface area contributed by atoms with Gasteiger partial charge in [-0.25, -0.2) is 0 Å². The second-order valence-corrected chi connectivity index (χ2v) is 10.1. The number of halogens is 1. The van der Waals surface area contributed by atoms with Crippen LogP contribution in [0.15, 0.2) is 84.9 Å². The van der Waals surface area contributed by atoms with Gasteiger partial charge in [-0.1, -0.05) is 60.1 Å². The lowest BCUT2D eigenvalue weighted by molar-refractivity contribution is 0.158. The number of aromatic nitrogens is 2. The first kappa shape index (κ1) is 23.7. The minimum Gasteiger partial charge on any atom is -0.497 e. The normalized spacial score (nSPS) is 16.2. The van der Waals surface area contributed by atoms with E-state index < -0.39 is 0 Å². The number of fused-ring (bicyclic) bond motifs is 2. The summed E-state index contributed by atoms with van der Waals surface area (Å²) in [6, 6.07) is 29.1. The fourth-order valence-corrected chi connectivity index (χ4v) is 5.39. The van der Waals surface area contributed by atoms with Crippen LogP contribution in [0.2, 0.25) is 5.02 Å². The van der Waals surface area contributed by atoms with Gasteiger partial charge >= 0.3 is 0 Å². The Hall–Kier alpha value is -3.67. The predicted octanol–water partition coefficient (Wildman–Crippen LogP) is 7.54. The van der Waals surface area contributed by atoms with Crippen LogP contribution in [0.1, 0.15) is 24.8 Å². The van der Waals surface area contributed by atoms with Gasteiger partial charge in [-0.05, 0) is 72.0 Å². The Bertz CT molecular complexity index is 1550. The minimum atomic E-state index is 0.172. The van der Waals surface area contributed by atoms with Crippen molar-refractivity contribution in [3.05, 3.63) is 95.5 Å². The van der Waals surface area contributed by atoms with Crippen LogP contribution < -0.4 is 10.1 Å². The Morgan fingerprint density at radius 1 is 0.892 bits per heavy atom. The Kier molecular flexibility index (Phi) is 6.64. The topological polar surface area (TPSA) is 50.3 Å². The Morgan fingerprint density at radius 2 is 1.73 bits per heavy atom. The van der Waals surface area contributed by atoms with E-state index in [-0.39, 0.29) is 6.17 Å². The highest BCUT2D eigenvalue weighted by Gasteiger charge is 2.24. The fourth-order valence-electron chi connectivity index (χ4n) is 5.26. The zero-order valence-corrected chi connectivity index (χ0v) is 21.6. The summed E-state index contributed by atoms with van der Waals surface area (Å²) in [6.45, 7) is 1.93. The van der Waals surface area contributed by atoms with Crippen molar-refractivity contribution in [3.63, 3.8) is 0 Å². The molecule has 37 heavy (non-hydrogen) atoms. The molecule has 0 aliphatic carbocycles. The number of likely N-dealkylation sites (tertiary alicyclic amines) is 1. The van der Waals surface area contributed by atoms with Crippen LogP contribution in [0.25, 0.3) is 32.8 Å². The molecule has 1 saturated heterocycles. The summed E-state index contributed by atoms with van der Waals surface area (Å²) in [5.74, 6) is 1.57. The van der Waals surface area contributed by atoms with Gasteiger partial charge < -0.3 is 10.1 Å². The maximum atomic E-state index is 6.12. The molecule has 2 heterocycles. The molecular formula is C31H29ClN4O. The van der Waals surface area contributed by atoms with Crippen molar-refractivity contribution >= 4 is 39.0 Å². The maximum absolute atomic E-state index is 6.12. The van der Waals surface area contributed by atoms with Crippen LogP contribution in [0.5, 0.6) is 5.75 Å². The Labute approximate surface area is 222 Å². The molecule has 1 aromatic heterocycles. The number of methoxy groups -OCH3 is 1. The summed E-state index contributed by atoms with van der Waals surface area (Å²) in [5.41, 5.74) is 3.13. The summed E-state index contributed by atoms with van der Waals surface area (Å²) >= 11 is 6.12. The number of hydrogen-bond donors (Lipinski definition) is 1. The van der Waals surface area contributed by atoms with Gasteiger partial charge in [-0.2, -0.15) is 0 Å². The number of hydrogen-bond acceptors (Lipinski definition) is 5. The number of piperidine rings is 1. The van der Waals surface area contributed by atoms with E-state index in [1.807, 2.05) is 36.4 Å². The SMILES string of the molecule is COc1ccc2c(-c3ccc(Cl)cc3)nnc(NC3CCCCN3Cc3ccc4ccccc4c3)c2c1. The second kappa shape index (κ2) is 10.4. The van der Waals surface area contributed by atoms with Crippen LogP contribution in [-0.2, 0) is 6.54 Å². The zero-order chi connectivity index (χ0) is 25.2. The largest absolute Gasteiger partial charge is 0.497 e. The van der Waals surface area contributed by atoms with Gasteiger partial charge in [-0.3, -0.25) is 4.90 Å². The van der Waals surface area contributed by atoms with Gasteiger partial charge in [0.2, 0.25) is 0 Å². The zero-order valence-electron chi connectivity index (χ0n) is 20.8. The maximum Gasteiger partial charge on any atom is 0.157 e. The molecule has 5 nitrogen and oxygen atoms in total. The van der Waals surface area contributed by atoms with E-state index in [0.717, 1.165) is 53.1 Å². The number of rotatable bonds is 6. The molecule has 1 atom stereocenters. The molecule has 0 saturated carbocycles. The van der Waals surface area contributed by atoms with Crippen molar-refractivity contribution in [3.8, 4) is 17.0 Å². The van der Waals surface area contributed by atoms with Gasteiger partial charge in [0, 0.05) is 34.4 Å². The number of ether oxygens (including phenoxy) is 1. The molecule has 0 spiro atoms. The lowest BCUT2D eigenvalue weighted by Gasteiger charge is -2.36. The third-order valence-electron chi connectivity index (χ3n) is 7.22. The third-order valence-corrected chi connectivity index (χ3v) is 7.47. The van der Waals surface area contributed by atoms with Crippen LogP contribution >= 0.6 is 11.6 Å². The molecule has 6 rings (SSSR count). The van der Waals surface area contributed by atoms with E-state index in [9.17, 15) is 0 Å². The second-order valence-electron chi connectivity index (χ2n) is 9.62. The molecule has 1 fully saturated rings. The van der Waals surface area contributed by atoms with Crippen LogP contribution in [0, 0.1) is 0 Å². The average Bonchev–Trinajstić information content (AvgIpc) is 2.94. The van der Waals surface area contributed by atoms with Crippen molar-refractivity contribution < 1.29 is 4.74 Å². The van der Waals surface area contributed by atoms with Gasteiger partial charge in [0.05, 0.1) is 13.3 Å². The molecule has 0 bridgehead atoms. The number of nitrogens with one attached hydrogen (secondary N) is 1.